The fraction of sp³-hybridized carbons (Fsp3) is 1.00. The Morgan fingerprint density at radius 2 is 1.20 bits per heavy atom. The molecule has 0 radical (unpaired) electrons. The quantitative estimate of drug-likeness (QED) is 0.412. The molecule has 0 aromatic rings. The highest BCUT2D eigenvalue weighted by Gasteiger charge is 1.99. The van der Waals surface area contributed by atoms with Crippen molar-refractivity contribution < 1.29 is 14.2 Å². The molecule has 0 amide bonds. The van der Waals surface area contributed by atoms with Crippen LogP contribution in [0.15, 0.2) is 0 Å². The summed E-state index contributed by atoms with van der Waals surface area (Å²) in [4.78, 5) is 0. The molecule has 2 atom stereocenters. The van der Waals surface area contributed by atoms with Crippen LogP contribution in [0, 0.1) is 0 Å². The second-order valence-corrected chi connectivity index (χ2v) is 3.25. The lowest BCUT2D eigenvalue weighted by Crippen LogP contribution is -2.26. The van der Waals surface area contributed by atoms with Crippen molar-refractivity contribution in [3.63, 3.8) is 0 Å². The van der Waals surface area contributed by atoms with Gasteiger partial charge in [0.1, 0.15) is 12.5 Å². The lowest BCUT2D eigenvalue weighted by atomic mass is 10.4. The SMILES string of the molecule is CCC(N)OCCOCCOC(N)CC. The van der Waals surface area contributed by atoms with Crippen LogP contribution in [0.2, 0.25) is 0 Å². The topological polar surface area (TPSA) is 79.7 Å². The minimum atomic E-state index is -0.182. The third-order valence-electron chi connectivity index (χ3n) is 1.92. The smallest absolute Gasteiger partial charge is 0.105 e. The highest BCUT2D eigenvalue weighted by molar-refractivity contribution is 4.43. The molecule has 0 fully saturated rings. The van der Waals surface area contributed by atoms with Gasteiger partial charge in [0.05, 0.1) is 26.4 Å². The van der Waals surface area contributed by atoms with Gasteiger partial charge in [-0.05, 0) is 12.8 Å². The van der Waals surface area contributed by atoms with Crippen LogP contribution in [-0.2, 0) is 14.2 Å². The number of hydrogen-bond acceptors (Lipinski definition) is 5. The summed E-state index contributed by atoms with van der Waals surface area (Å²) in [5, 5.41) is 0. The zero-order valence-electron chi connectivity index (χ0n) is 9.78. The maximum atomic E-state index is 5.55. The molecule has 0 bridgehead atoms. The second kappa shape index (κ2) is 10.3. The molecule has 0 aromatic heterocycles. The van der Waals surface area contributed by atoms with Crippen LogP contribution in [0.4, 0.5) is 0 Å². The van der Waals surface area contributed by atoms with Crippen LogP contribution in [0.5, 0.6) is 0 Å². The van der Waals surface area contributed by atoms with Crippen LogP contribution in [-0.4, -0.2) is 38.9 Å². The molecule has 0 aliphatic rings. The van der Waals surface area contributed by atoms with E-state index in [2.05, 4.69) is 0 Å². The van der Waals surface area contributed by atoms with E-state index in [4.69, 9.17) is 25.7 Å². The summed E-state index contributed by atoms with van der Waals surface area (Å²) < 4.78 is 15.7. The van der Waals surface area contributed by atoms with Crippen molar-refractivity contribution in [1.82, 2.24) is 0 Å². The molecule has 0 spiro atoms. The van der Waals surface area contributed by atoms with E-state index in [1.54, 1.807) is 0 Å². The molecule has 0 saturated carbocycles. The van der Waals surface area contributed by atoms with Crippen molar-refractivity contribution in [3.05, 3.63) is 0 Å². The van der Waals surface area contributed by atoms with Gasteiger partial charge >= 0.3 is 0 Å². The van der Waals surface area contributed by atoms with E-state index in [9.17, 15) is 0 Å². The van der Waals surface area contributed by atoms with Gasteiger partial charge in [0.2, 0.25) is 0 Å². The Bertz CT molecular complexity index is 122. The van der Waals surface area contributed by atoms with Gasteiger partial charge in [0, 0.05) is 0 Å². The number of hydrogen-bond donors (Lipinski definition) is 2. The first-order valence-corrected chi connectivity index (χ1v) is 5.52. The Morgan fingerprint density at radius 3 is 1.53 bits per heavy atom. The fourth-order valence-electron chi connectivity index (χ4n) is 0.855. The lowest BCUT2D eigenvalue weighted by Gasteiger charge is -2.12. The summed E-state index contributed by atoms with van der Waals surface area (Å²) in [5.74, 6) is 0. The van der Waals surface area contributed by atoms with E-state index in [-0.39, 0.29) is 12.5 Å². The van der Waals surface area contributed by atoms with Gasteiger partial charge in [0.25, 0.3) is 0 Å². The molecule has 92 valence electrons. The predicted octanol–water partition coefficient (Wildman–Crippen LogP) is 0.426. The van der Waals surface area contributed by atoms with E-state index in [1.165, 1.54) is 0 Å². The van der Waals surface area contributed by atoms with Crippen molar-refractivity contribution in [2.75, 3.05) is 26.4 Å². The summed E-state index contributed by atoms with van der Waals surface area (Å²) in [6.45, 7) is 6.08. The largest absolute Gasteiger partial charge is 0.377 e. The summed E-state index contributed by atoms with van der Waals surface area (Å²) in [6, 6.07) is 0. The molecule has 0 aromatic carbocycles. The van der Waals surface area contributed by atoms with Gasteiger partial charge < -0.3 is 25.7 Å². The first-order chi connectivity index (χ1) is 7.20. The molecule has 0 aliphatic heterocycles. The maximum Gasteiger partial charge on any atom is 0.105 e. The molecular formula is C10H24N2O3. The zero-order chi connectivity index (χ0) is 11.5. The van der Waals surface area contributed by atoms with Crippen molar-refractivity contribution in [2.24, 2.45) is 11.5 Å². The first-order valence-electron chi connectivity index (χ1n) is 5.52. The van der Waals surface area contributed by atoms with Crippen LogP contribution in [0.1, 0.15) is 26.7 Å². The number of rotatable bonds is 10. The Labute approximate surface area is 92.0 Å². The van der Waals surface area contributed by atoms with Crippen molar-refractivity contribution >= 4 is 0 Å². The molecule has 4 N–H and O–H groups in total. The van der Waals surface area contributed by atoms with Gasteiger partial charge in [0.15, 0.2) is 0 Å². The summed E-state index contributed by atoms with van der Waals surface area (Å²) in [6.07, 6.45) is 1.26. The van der Waals surface area contributed by atoms with Crippen LogP contribution >= 0.6 is 0 Å². The monoisotopic (exact) mass is 220 g/mol. The third kappa shape index (κ3) is 10.1. The average molecular weight is 220 g/mol. The van der Waals surface area contributed by atoms with Crippen molar-refractivity contribution in [2.45, 2.75) is 39.1 Å². The highest BCUT2D eigenvalue weighted by Crippen LogP contribution is 1.90. The van der Waals surface area contributed by atoms with Crippen LogP contribution in [0.25, 0.3) is 0 Å². The van der Waals surface area contributed by atoms with Gasteiger partial charge in [-0.3, -0.25) is 0 Å². The molecular weight excluding hydrogens is 196 g/mol. The zero-order valence-corrected chi connectivity index (χ0v) is 9.78. The van der Waals surface area contributed by atoms with E-state index in [0.717, 1.165) is 12.8 Å². The normalized spacial score (nSPS) is 15.2. The standard InChI is InChI=1S/C10H24N2O3/c1-3-9(11)14-7-5-13-6-8-15-10(12)4-2/h9-10H,3-8,11-12H2,1-2H3. The lowest BCUT2D eigenvalue weighted by molar-refractivity contribution is -0.0245. The summed E-state index contributed by atoms with van der Waals surface area (Å²) in [7, 11) is 0. The van der Waals surface area contributed by atoms with Crippen molar-refractivity contribution in [3.8, 4) is 0 Å². The highest BCUT2D eigenvalue weighted by atomic mass is 16.6. The van der Waals surface area contributed by atoms with Gasteiger partial charge in [-0.25, -0.2) is 0 Å². The summed E-state index contributed by atoms with van der Waals surface area (Å²) in [5.41, 5.74) is 11.1. The fourth-order valence-corrected chi connectivity index (χ4v) is 0.855. The Kier molecular flexibility index (Phi) is 10.2. The molecule has 0 heterocycles. The minimum Gasteiger partial charge on any atom is -0.377 e. The van der Waals surface area contributed by atoms with E-state index < -0.39 is 0 Å². The predicted molar refractivity (Wildman–Crippen MR) is 59.3 cm³/mol. The van der Waals surface area contributed by atoms with E-state index >= 15 is 0 Å². The average Bonchev–Trinajstić information content (AvgIpc) is 2.26. The number of nitrogens with two attached hydrogens (primary N) is 2. The molecule has 0 rings (SSSR count). The first kappa shape index (κ1) is 14.8. The Morgan fingerprint density at radius 1 is 0.800 bits per heavy atom. The van der Waals surface area contributed by atoms with Crippen LogP contribution < -0.4 is 11.5 Å². The molecule has 0 saturated heterocycles. The Balaban J connectivity index is 3.05. The van der Waals surface area contributed by atoms with Gasteiger partial charge in [-0.2, -0.15) is 0 Å². The molecule has 15 heavy (non-hydrogen) atoms. The van der Waals surface area contributed by atoms with E-state index in [1.807, 2.05) is 13.8 Å². The Hall–Kier alpha value is -0.200. The molecule has 5 nitrogen and oxygen atoms in total. The third-order valence-corrected chi connectivity index (χ3v) is 1.92. The van der Waals surface area contributed by atoms with E-state index in [0.29, 0.717) is 26.4 Å². The van der Waals surface area contributed by atoms with Crippen LogP contribution in [0.3, 0.4) is 0 Å². The summed E-state index contributed by atoms with van der Waals surface area (Å²) >= 11 is 0. The van der Waals surface area contributed by atoms with Crippen molar-refractivity contribution in [1.29, 1.82) is 0 Å². The minimum absolute atomic E-state index is 0.182. The van der Waals surface area contributed by atoms with Gasteiger partial charge in [-0.1, -0.05) is 13.8 Å². The number of ether oxygens (including phenoxy) is 3. The molecule has 5 heteroatoms. The van der Waals surface area contributed by atoms with Gasteiger partial charge in [-0.15, -0.1) is 0 Å². The second-order valence-electron chi connectivity index (χ2n) is 3.25. The molecule has 0 aliphatic carbocycles. The maximum absolute atomic E-state index is 5.55. The molecule has 2 unspecified atom stereocenters.